The molecule has 3 aromatic rings. The summed E-state index contributed by atoms with van der Waals surface area (Å²) >= 11 is 1.68. The number of hydrogen-bond donors (Lipinski definition) is 1. The first-order chi connectivity index (χ1) is 10.3. The molecule has 0 aliphatic carbocycles. The molecule has 1 N–H and O–H groups in total. The molecular weight excluding hydrogens is 284 g/mol. The van der Waals surface area contributed by atoms with Crippen molar-refractivity contribution >= 4 is 28.3 Å². The fraction of sp³-hybridized carbons (Fsp3) is 0.250. The molecule has 1 aromatic carbocycles. The molecule has 0 bridgehead atoms. The topological polar surface area (TPSA) is 55.1 Å². The van der Waals surface area contributed by atoms with Crippen molar-refractivity contribution in [1.29, 1.82) is 0 Å². The van der Waals surface area contributed by atoms with Gasteiger partial charge in [0.15, 0.2) is 11.5 Å². The standard InChI is InChI=1S/C16H16N2O2S/c19-15(8-7-12-4-3-11-21-12)17-10-9-16-18-13-5-1-2-6-14(13)20-16/h1-6,11H,7-10H2,(H,17,19). The molecule has 0 atom stereocenters. The van der Waals surface area contributed by atoms with Crippen LogP contribution in [0.5, 0.6) is 0 Å². The summed E-state index contributed by atoms with van der Waals surface area (Å²) in [5.41, 5.74) is 1.65. The smallest absolute Gasteiger partial charge is 0.220 e. The van der Waals surface area contributed by atoms with Crippen molar-refractivity contribution in [3.63, 3.8) is 0 Å². The monoisotopic (exact) mass is 300 g/mol. The number of fused-ring (bicyclic) bond motifs is 1. The SMILES string of the molecule is O=C(CCc1cccs1)NCCc1nc2ccccc2o1. The van der Waals surface area contributed by atoms with E-state index in [-0.39, 0.29) is 5.91 Å². The lowest BCUT2D eigenvalue weighted by atomic mass is 10.2. The molecule has 0 spiro atoms. The lowest BCUT2D eigenvalue weighted by molar-refractivity contribution is -0.121. The Morgan fingerprint density at radius 3 is 2.90 bits per heavy atom. The average molecular weight is 300 g/mol. The predicted molar refractivity (Wildman–Crippen MR) is 83.4 cm³/mol. The minimum atomic E-state index is 0.0690. The number of hydrogen-bond acceptors (Lipinski definition) is 4. The van der Waals surface area contributed by atoms with Crippen LogP contribution in [0.2, 0.25) is 0 Å². The maximum Gasteiger partial charge on any atom is 0.220 e. The van der Waals surface area contributed by atoms with Crippen LogP contribution in [0.4, 0.5) is 0 Å². The van der Waals surface area contributed by atoms with Crippen LogP contribution < -0.4 is 5.32 Å². The Hall–Kier alpha value is -2.14. The second kappa shape index (κ2) is 6.54. The van der Waals surface area contributed by atoms with Crippen molar-refractivity contribution in [3.05, 3.63) is 52.5 Å². The molecule has 5 heteroatoms. The van der Waals surface area contributed by atoms with E-state index in [4.69, 9.17) is 4.42 Å². The number of aromatic nitrogens is 1. The minimum absolute atomic E-state index is 0.0690. The molecule has 2 aromatic heterocycles. The summed E-state index contributed by atoms with van der Waals surface area (Å²) in [6, 6.07) is 11.7. The highest BCUT2D eigenvalue weighted by Crippen LogP contribution is 2.14. The fourth-order valence-electron chi connectivity index (χ4n) is 2.12. The molecule has 108 valence electrons. The summed E-state index contributed by atoms with van der Waals surface area (Å²) in [4.78, 5) is 17.4. The molecule has 0 saturated heterocycles. The van der Waals surface area contributed by atoms with Crippen LogP contribution >= 0.6 is 11.3 Å². The number of rotatable bonds is 6. The van der Waals surface area contributed by atoms with Gasteiger partial charge in [-0.25, -0.2) is 4.98 Å². The Labute approximate surface area is 126 Å². The van der Waals surface area contributed by atoms with Gasteiger partial charge in [-0.05, 0) is 30.0 Å². The molecule has 0 saturated carbocycles. The molecule has 21 heavy (non-hydrogen) atoms. The first kappa shape index (κ1) is 13.8. The van der Waals surface area contributed by atoms with E-state index >= 15 is 0 Å². The van der Waals surface area contributed by atoms with Crippen LogP contribution in [0, 0.1) is 0 Å². The van der Waals surface area contributed by atoms with Crippen LogP contribution in [-0.4, -0.2) is 17.4 Å². The second-order valence-electron chi connectivity index (χ2n) is 4.75. The average Bonchev–Trinajstić information content (AvgIpc) is 3.14. The second-order valence-corrected chi connectivity index (χ2v) is 5.79. The van der Waals surface area contributed by atoms with E-state index in [0.29, 0.717) is 25.3 Å². The fourth-order valence-corrected chi connectivity index (χ4v) is 2.82. The van der Waals surface area contributed by atoms with Gasteiger partial charge in [0.25, 0.3) is 0 Å². The molecule has 0 unspecified atom stereocenters. The van der Waals surface area contributed by atoms with Crippen molar-refractivity contribution in [3.8, 4) is 0 Å². The summed E-state index contributed by atoms with van der Waals surface area (Å²) in [7, 11) is 0. The van der Waals surface area contributed by atoms with E-state index in [0.717, 1.165) is 17.5 Å². The quantitative estimate of drug-likeness (QED) is 0.760. The maximum atomic E-state index is 11.7. The summed E-state index contributed by atoms with van der Waals surface area (Å²) < 4.78 is 5.61. The van der Waals surface area contributed by atoms with E-state index in [1.165, 1.54) is 4.88 Å². The molecule has 0 aliphatic heterocycles. The predicted octanol–water partition coefficient (Wildman–Crippen LogP) is 3.18. The molecule has 1 amide bonds. The number of amides is 1. The van der Waals surface area contributed by atoms with Gasteiger partial charge in [0.1, 0.15) is 5.52 Å². The Morgan fingerprint density at radius 1 is 1.19 bits per heavy atom. The number of carbonyl (C=O) groups is 1. The zero-order valence-electron chi connectivity index (χ0n) is 11.5. The summed E-state index contributed by atoms with van der Waals surface area (Å²) in [5.74, 6) is 0.731. The van der Waals surface area contributed by atoms with Gasteiger partial charge in [-0.1, -0.05) is 18.2 Å². The van der Waals surface area contributed by atoms with Gasteiger partial charge < -0.3 is 9.73 Å². The number of benzene rings is 1. The maximum absolute atomic E-state index is 11.7. The van der Waals surface area contributed by atoms with Crippen LogP contribution in [0.3, 0.4) is 0 Å². The van der Waals surface area contributed by atoms with Gasteiger partial charge in [-0.2, -0.15) is 0 Å². The van der Waals surface area contributed by atoms with Crippen molar-refractivity contribution < 1.29 is 9.21 Å². The Morgan fingerprint density at radius 2 is 2.10 bits per heavy atom. The van der Waals surface area contributed by atoms with Gasteiger partial charge in [-0.3, -0.25) is 4.79 Å². The van der Waals surface area contributed by atoms with Gasteiger partial charge >= 0.3 is 0 Å². The number of para-hydroxylation sites is 2. The number of nitrogens with one attached hydrogen (secondary N) is 1. The van der Waals surface area contributed by atoms with Gasteiger partial charge in [0.2, 0.25) is 5.91 Å². The normalized spacial score (nSPS) is 10.9. The Bertz CT molecular complexity index is 686. The van der Waals surface area contributed by atoms with Gasteiger partial charge in [0.05, 0.1) is 0 Å². The zero-order chi connectivity index (χ0) is 14.5. The molecule has 0 radical (unpaired) electrons. The zero-order valence-corrected chi connectivity index (χ0v) is 12.4. The number of nitrogens with zero attached hydrogens (tertiary/aromatic N) is 1. The summed E-state index contributed by atoms with van der Waals surface area (Å²) in [5, 5.41) is 4.93. The third kappa shape index (κ3) is 3.70. The van der Waals surface area contributed by atoms with E-state index in [1.54, 1.807) is 11.3 Å². The summed E-state index contributed by atoms with van der Waals surface area (Å²) in [6.45, 7) is 0.552. The third-order valence-corrected chi connectivity index (χ3v) is 4.11. The lowest BCUT2D eigenvalue weighted by Gasteiger charge is -2.02. The van der Waals surface area contributed by atoms with Crippen molar-refractivity contribution in [2.45, 2.75) is 19.3 Å². The largest absolute Gasteiger partial charge is 0.441 e. The highest BCUT2D eigenvalue weighted by molar-refractivity contribution is 7.09. The van der Waals surface area contributed by atoms with E-state index in [1.807, 2.05) is 35.7 Å². The number of oxazole rings is 1. The Balaban J connectivity index is 1.44. The summed E-state index contributed by atoms with van der Waals surface area (Å²) in [6.07, 6.45) is 1.93. The highest BCUT2D eigenvalue weighted by atomic mass is 32.1. The van der Waals surface area contributed by atoms with Crippen LogP contribution in [0.25, 0.3) is 11.1 Å². The van der Waals surface area contributed by atoms with Crippen LogP contribution in [0.1, 0.15) is 17.2 Å². The van der Waals surface area contributed by atoms with Crippen molar-refractivity contribution in [2.75, 3.05) is 6.54 Å². The van der Waals surface area contributed by atoms with Crippen LogP contribution in [0.15, 0.2) is 46.2 Å². The number of aryl methyl sites for hydroxylation is 1. The van der Waals surface area contributed by atoms with E-state index in [9.17, 15) is 4.79 Å². The van der Waals surface area contributed by atoms with Gasteiger partial charge in [-0.15, -0.1) is 11.3 Å². The van der Waals surface area contributed by atoms with E-state index < -0.39 is 0 Å². The van der Waals surface area contributed by atoms with Crippen molar-refractivity contribution in [2.24, 2.45) is 0 Å². The third-order valence-electron chi connectivity index (χ3n) is 3.18. The molecule has 0 aliphatic rings. The van der Waals surface area contributed by atoms with Crippen molar-refractivity contribution in [1.82, 2.24) is 10.3 Å². The first-order valence-corrected chi connectivity index (χ1v) is 7.83. The minimum Gasteiger partial charge on any atom is -0.441 e. The number of thiophene rings is 1. The Kier molecular flexibility index (Phi) is 4.31. The lowest BCUT2D eigenvalue weighted by Crippen LogP contribution is -2.25. The molecule has 3 rings (SSSR count). The molecule has 2 heterocycles. The highest BCUT2D eigenvalue weighted by Gasteiger charge is 2.06. The molecule has 4 nitrogen and oxygen atoms in total. The van der Waals surface area contributed by atoms with E-state index in [2.05, 4.69) is 16.4 Å². The van der Waals surface area contributed by atoms with Gasteiger partial charge in [0, 0.05) is 24.3 Å². The number of carbonyl (C=O) groups excluding carboxylic acids is 1. The first-order valence-electron chi connectivity index (χ1n) is 6.95. The molecule has 0 fully saturated rings. The van der Waals surface area contributed by atoms with Crippen LogP contribution in [-0.2, 0) is 17.6 Å². The molecular formula is C16H16N2O2S.